The van der Waals surface area contributed by atoms with Gasteiger partial charge in [-0.15, -0.1) is 0 Å². The molecule has 0 saturated heterocycles. The van der Waals surface area contributed by atoms with E-state index in [9.17, 15) is 0 Å². The van der Waals surface area contributed by atoms with E-state index in [0.29, 0.717) is 5.02 Å². The maximum Gasteiger partial charge on any atom is 0.0468 e. The number of rotatable bonds is 4. The second kappa shape index (κ2) is 5.39. The zero-order chi connectivity index (χ0) is 12.3. The fourth-order valence-corrected chi connectivity index (χ4v) is 2.42. The summed E-state index contributed by atoms with van der Waals surface area (Å²) in [5.41, 5.74) is 1.27. The first-order valence-corrected chi connectivity index (χ1v) is 6.30. The third-order valence-electron chi connectivity index (χ3n) is 3.25. The predicted octanol–water partition coefficient (Wildman–Crippen LogP) is 4.69. The third kappa shape index (κ3) is 2.91. The van der Waals surface area contributed by atoms with E-state index in [1.807, 2.05) is 19.2 Å². The van der Waals surface area contributed by atoms with Gasteiger partial charge in [0.05, 0.1) is 0 Å². The smallest absolute Gasteiger partial charge is 0.0468 e. The van der Waals surface area contributed by atoms with Crippen LogP contribution in [0.2, 0.25) is 10.0 Å². The lowest BCUT2D eigenvalue weighted by Gasteiger charge is -2.34. The van der Waals surface area contributed by atoms with Gasteiger partial charge in [-0.25, -0.2) is 0 Å². The van der Waals surface area contributed by atoms with E-state index >= 15 is 0 Å². The molecule has 1 N–H and O–H groups in total. The summed E-state index contributed by atoms with van der Waals surface area (Å²) < 4.78 is 0. The fraction of sp³-hybridized carbons (Fsp3) is 0.538. The molecule has 0 amide bonds. The van der Waals surface area contributed by atoms with Gasteiger partial charge in [-0.3, -0.25) is 0 Å². The van der Waals surface area contributed by atoms with Gasteiger partial charge in [-0.1, -0.05) is 50.0 Å². The van der Waals surface area contributed by atoms with Crippen LogP contribution >= 0.6 is 23.2 Å². The van der Waals surface area contributed by atoms with Crippen molar-refractivity contribution in [2.45, 2.75) is 33.2 Å². The van der Waals surface area contributed by atoms with Gasteiger partial charge in [-0.05, 0) is 36.6 Å². The van der Waals surface area contributed by atoms with E-state index < -0.39 is 0 Å². The highest BCUT2D eigenvalue weighted by Gasteiger charge is 2.29. The Kier molecular flexibility index (Phi) is 4.66. The molecule has 0 aromatic heterocycles. The van der Waals surface area contributed by atoms with Crippen LogP contribution in [0.4, 0.5) is 0 Å². The molecule has 0 aliphatic carbocycles. The predicted molar refractivity (Wildman–Crippen MR) is 72.3 cm³/mol. The Hall–Kier alpha value is -0.240. The minimum Gasteiger partial charge on any atom is -0.313 e. The fourth-order valence-electron chi connectivity index (χ4n) is 1.91. The van der Waals surface area contributed by atoms with Crippen molar-refractivity contribution in [3.63, 3.8) is 0 Å². The number of halogens is 2. The molecule has 16 heavy (non-hydrogen) atoms. The highest BCUT2D eigenvalue weighted by molar-refractivity contribution is 6.35. The van der Waals surface area contributed by atoms with Crippen molar-refractivity contribution in [2.24, 2.45) is 5.41 Å². The third-order valence-corrected chi connectivity index (χ3v) is 3.82. The molecule has 0 aliphatic rings. The van der Waals surface area contributed by atoms with Crippen LogP contribution in [0.15, 0.2) is 18.2 Å². The Labute approximate surface area is 108 Å². The van der Waals surface area contributed by atoms with Crippen LogP contribution in [0, 0.1) is 5.41 Å². The van der Waals surface area contributed by atoms with E-state index in [0.717, 1.165) is 17.0 Å². The first-order valence-electron chi connectivity index (χ1n) is 5.54. The van der Waals surface area contributed by atoms with Gasteiger partial charge in [0.1, 0.15) is 0 Å². The number of hydrogen-bond acceptors (Lipinski definition) is 1. The highest BCUT2D eigenvalue weighted by Crippen LogP contribution is 2.39. The molecule has 1 aromatic rings. The zero-order valence-electron chi connectivity index (χ0n) is 10.3. The average Bonchev–Trinajstić information content (AvgIpc) is 2.22. The minimum absolute atomic E-state index is 0.159. The molecule has 0 aliphatic heterocycles. The molecule has 0 heterocycles. The second-order valence-corrected chi connectivity index (χ2v) is 5.57. The molecular formula is C13H19Cl2N. The van der Waals surface area contributed by atoms with Crippen LogP contribution in [0.1, 0.15) is 38.8 Å². The lowest BCUT2D eigenvalue weighted by atomic mass is 9.78. The second-order valence-electron chi connectivity index (χ2n) is 4.73. The molecule has 0 saturated carbocycles. The first-order chi connectivity index (χ1) is 7.42. The summed E-state index contributed by atoms with van der Waals surface area (Å²) >= 11 is 12.1. The van der Waals surface area contributed by atoms with Crippen molar-refractivity contribution < 1.29 is 0 Å². The van der Waals surface area contributed by atoms with Gasteiger partial charge in [-0.2, -0.15) is 0 Å². The molecule has 1 rings (SSSR count). The van der Waals surface area contributed by atoms with E-state index in [-0.39, 0.29) is 11.5 Å². The van der Waals surface area contributed by atoms with E-state index in [2.05, 4.69) is 26.1 Å². The normalized spacial score (nSPS) is 13.9. The molecular weight excluding hydrogens is 241 g/mol. The Morgan fingerprint density at radius 1 is 1.31 bits per heavy atom. The van der Waals surface area contributed by atoms with Gasteiger partial charge < -0.3 is 5.32 Å². The van der Waals surface area contributed by atoms with E-state index in [4.69, 9.17) is 23.2 Å². The van der Waals surface area contributed by atoms with Gasteiger partial charge >= 0.3 is 0 Å². The molecule has 0 spiro atoms. The Balaban J connectivity index is 3.14. The molecule has 1 unspecified atom stereocenters. The number of benzene rings is 1. The van der Waals surface area contributed by atoms with Crippen LogP contribution in [0.25, 0.3) is 0 Å². The van der Waals surface area contributed by atoms with Crippen LogP contribution in [0.5, 0.6) is 0 Å². The lowest BCUT2D eigenvalue weighted by Crippen LogP contribution is -2.31. The topological polar surface area (TPSA) is 12.0 Å². The van der Waals surface area contributed by atoms with Crippen molar-refractivity contribution in [3.8, 4) is 0 Å². The maximum absolute atomic E-state index is 6.24. The van der Waals surface area contributed by atoms with Crippen molar-refractivity contribution >= 4 is 23.2 Å². The monoisotopic (exact) mass is 259 g/mol. The summed E-state index contributed by atoms with van der Waals surface area (Å²) in [6.45, 7) is 6.66. The molecule has 3 heteroatoms. The molecule has 0 bridgehead atoms. The van der Waals surface area contributed by atoms with E-state index in [1.54, 1.807) is 6.07 Å². The van der Waals surface area contributed by atoms with Crippen molar-refractivity contribution in [3.05, 3.63) is 33.8 Å². The minimum atomic E-state index is 0.159. The molecule has 1 aromatic carbocycles. The maximum atomic E-state index is 6.24. The van der Waals surface area contributed by atoms with Crippen molar-refractivity contribution in [1.29, 1.82) is 0 Å². The Bertz CT molecular complexity index is 361. The first kappa shape index (κ1) is 13.8. The molecule has 1 nitrogen and oxygen atoms in total. The summed E-state index contributed by atoms with van der Waals surface area (Å²) in [4.78, 5) is 0. The summed E-state index contributed by atoms with van der Waals surface area (Å²) in [7, 11) is 1.97. The van der Waals surface area contributed by atoms with E-state index in [1.165, 1.54) is 0 Å². The summed E-state index contributed by atoms with van der Waals surface area (Å²) in [5, 5.41) is 4.75. The highest BCUT2D eigenvalue weighted by atomic mass is 35.5. The zero-order valence-corrected chi connectivity index (χ0v) is 11.8. The van der Waals surface area contributed by atoms with Crippen molar-refractivity contribution in [2.75, 3.05) is 7.05 Å². The van der Waals surface area contributed by atoms with Crippen LogP contribution in [-0.4, -0.2) is 7.05 Å². The van der Waals surface area contributed by atoms with Crippen LogP contribution in [0.3, 0.4) is 0 Å². The Morgan fingerprint density at radius 3 is 2.38 bits per heavy atom. The van der Waals surface area contributed by atoms with Crippen molar-refractivity contribution in [1.82, 2.24) is 5.32 Å². The van der Waals surface area contributed by atoms with Crippen LogP contribution < -0.4 is 5.32 Å². The standard InChI is InChI=1S/C13H19Cl2N/c1-5-13(2,3)12(16-4)10-7-6-9(14)8-11(10)15/h6-8,12,16H,5H2,1-4H3. The molecule has 1 atom stereocenters. The van der Waals surface area contributed by atoms with Gasteiger partial charge in [0.2, 0.25) is 0 Å². The average molecular weight is 260 g/mol. The molecule has 0 radical (unpaired) electrons. The van der Waals surface area contributed by atoms with Gasteiger partial charge in [0.25, 0.3) is 0 Å². The molecule has 90 valence electrons. The number of nitrogens with one attached hydrogen (secondary N) is 1. The number of hydrogen-bond donors (Lipinski definition) is 1. The molecule has 0 fully saturated rings. The Morgan fingerprint density at radius 2 is 1.94 bits per heavy atom. The summed E-state index contributed by atoms with van der Waals surface area (Å²) in [6, 6.07) is 5.93. The SMILES string of the molecule is CCC(C)(C)C(NC)c1ccc(Cl)cc1Cl. The van der Waals surface area contributed by atoms with Crippen LogP contribution in [-0.2, 0) is 0 Å². The summed E-state index contributed by atoms with van der Waals surface area (Å²) in [5.74, 6) is 0. The quantitative estimate of drug-likeness (QED) is 0.828. The summed E-state index contributed by atoms with van der Waals surface area (Å²) in [6.07, 6.45) is 1.08. The largest absolute Gasteiger partial charge is 0.313 e. The van der Waals surface area contributed by atoms with Gasteiger partial charge in [0.15, 0.2) is 0 Å². The van der Waals surface area contributed by atoms with Gasteiger partial charge in [0, 0.05) is 16.1 Å². The lowest BCUT2D eigenvalue weighted by molar-refractivity contribution is 0.245.